The number of hydrogen-bond acceptors (Lipinski definition) is 3. The van der Waals surface area contributed by atoms with Gasteiger partial charge in [-0.3, -0.25) is 0 Å². The highest BCUT2D eigenvalue weighted by Crippen LogP contribution is 2.19. The van der Waals surface area contributed by atoms with Crippen molar-refractivity contribution in [2.75, 3.05) is 26.2 Å². The Labute approximate surface area is 140 Å². The molecule has 1 atom stereocenters. The molecule has 7 heteroatoms. The summed E-state index contributed by atoms with van der Waals surface area (Å²) in [7, 11) is -3.17. The Kier molecular flexibility index (Phi) is 6.31. The minimum absolute atomic E-state index is 0.0175. The average molecular weight is 346 g/mol. The van der Waals surface area contributed by atoms with E-state index in [-0.39, 0.29) is 17.3 Å². The average Bonchev–Trinajstić information content (AvgIpc) is 2.72. The van der Waals surface area contributed by atoms with Gasteiger partial charge in [-0.1, -0.05) is 13.3 Å². The van der Waals surface area contributed by atoms with Gasteiger partial charge in [-0.05, 0) is 45.4 Å². The van der Waals surface area contributed by atoms with Crippen molar-refractivity contribution in [1.29, 1.82) is 0 Å². The lowest BCUT2D eigenvalue weighted by molar-refractivity contribution is 0.183. The van der Waals surface area contributed by atoms with E-state index in [0.717, 1.165) is 19.5 Å². The van der Waals surface area contributed by atoms with Gasteiger partial charge in [-0.2, -0.15) is 0 Å². The van der Waals surface area contributed by atoms with Crippen molar-refractivity contribution in [2.24, 2.45) is 5.92 Å². The summed E-state index contributed by atoms with van der Waals surface area (Å²) in [6.45, 7) is 8.28. The van der Waals surface area contributed by atoms with Crippen molar-refractivity contribution >= 4 is 16.1 Å². The standard InChI is InChI=1S/C16H31N3O3S/c1-13(2)23(21,22)19-10-7-15(8-11-19)17-16(20)18-9-5-4-6-14(3)12-18/h13-15H,4-12H2,1-3H3,(H,17,20)/t14-/m0/s1. The first-order valence-corrected chi connectivity index (χ1v) is 10.4. The van der Waals surface area contributed by atoms with Crippen molar-refractivity contribution in [3.05, 3.63) is 0 Å². The Balaban J connectivity index is 1.83. The van der Waals surface area contributed by atoms with Crippen LogP contribution >= 0.6 is 0 Å². The first kappa shape index (κ1) is 18.5. The molecule has 0 aromatic carbocycles. The van der Waals surface area contributed by atoms with Crippen molar-refractivity contribution in [1.82, 2.24) is 14.5 Å². The zero-order chi connectivity index (χ0) is 17.0. The van der Waals surface area contributed by atoms with Crippen LogP contribution in [0.25, 0.3) is 0 Å². The van der Waals surface area contributed by atoms with E-state index in [0.29, 0.717) is 31.8 Å². The molecule has 0 aliphatic carbocycles. The fourth-order valence-corrected chi connectivity index (χ4v) is 4.67. The monoisotopic (exact) mass is 345 g/mol. The second-order valence-corrected chi connectivity index (χ2v) is 9.75. The van der Waals surface area contributed by atoms with Crippen LogP contribution in [0.1, 0.15) is 52.9 Å². The zero-order valence-electron chi connectivity index (χ0n) is 14.6. The van der Waals surface area contributed by atoms with Gasteiger partial charge in [0, 0.05) is 32.2 Å². The molecule has 134 valence electrons. The molecule has 0 bridgehead atoms. The molecular formula is C16H31N3O3S. The van der Waals surface area contributed by atoms with Crippen molar-refractivity contribution in [3.8, 4) is 0 Å². The summed E-state index contributed by atoms with van der Waals surface area (Å²) in [6.07, 6.45) is 4.84. The second kappa shape index (κ2) is 7.83. The van der Waals surface area contributed by atoms with Crippen LogP contribution in [-0.4, -0.2) is 61.1 Å². The minimum atomic E-state index is -3.17. The Morgan fingerprint density at radius 2 is 1.74 bits per heavy atom. The summed E-state index contributed by atoms with van der Waals surface area (Å²) in [5, 5.41) is 2.72. The smallest absolute Gasteiger partial charge is 0.317 e. The van der Waals surface area contributed by atoms with Crippen LogP contribution in [0.4, 0.5) is 4.79 Å². The van der Waals surface area contributed by atoms with E-state index in [2.05, 4.69) is 12.2 Å². The number of likely N-dealkylation sites (tertiary alicyclic amines) is 1. The first-order chi connectivity index (χ1) is 10.8. The van der Waals surface area contributed by atoms with Crippen molar-refractivity contribution in [3.63, 3.8) is 0 Å². The molecular weight excluding hydrogens is 314 g/mol. The number of rotatable bonds is 3. The zero-order valence-corrected chi connectivity index (χ0v) is 15.4. The Hall–Kier alpha value is -0.820. The number of urea groups is 1. The maximum Gasteiger partial charge on any atom is 0.317 e. The maximum atomic E-state index is 12.4. The summed E-state index contributed by atoms with van der Waals surface area (Å²) in [4.78, 5) is 14.4. The highest BCUT2D eigenvalue weighted by atomic mass is 32.2. The fraction of sp³-hybridized carbons (Fsp3) is 0.938. The maximum absolute atomic E-state index is 12.4. The molecule has 2 fully saturated rings. The molecule has 2 heterocycles. The van der Waals surface area contributed by atoms with Gasteiger partial charge in [-0.25, -0.2) is 17.5 Å². The Bertz CT molecular complexity index is 499. The Morgan fingerprint density at radius 1 is 1.09 bits per heavy atom. The van der Waals surface area contributed by atoms with E-state index in [1.54, 1.807) is 18.2 Å². The molecule has 2 aliphatic heterocycles. The molecule has 2 amide bonds. The number of sulfonamides is 1. The van der Waals surface area contributed by atoms with E-state index >= 15 is 0 Å². The third-order valence-electron chi connectivity index (χ3n) is 4.93. The van der Waals surface area contributed by atoms with E-state index in [4.69, 9.17) is 0 Å². The summed E-state index contributed by atoms with van der Waals surface area (Å²) in [5.41, 5.74) is 0. The highest BCUT2D eigenvalue weighted by molar-refractivity contribution is 7.89. The summed E-state index contributed by atoms with van der Waals surface area (Å²) in [5.74, 6) is 0.557. The number of nitrogens with zero attached hydrogens (tertiary/aromatic N) is 2. The predicted octanol–water partition coefficient (Wildman–Crippen LogP) is 2.02. The number of carbonyl (C=O) groups is 1. The van der Waals surface area contributed by atoms with E-state index < -0.39 is 10.0 Å². The SMILES string of the molecule is CC(C)S(=O)(=O)N1CCC(NC(=O)N2CCCC[C@H](C)C2)CC1. The lowest BCUT2D eigenvalue weighted by atomic mass is 10.1. The van der Waals surface area contributed by atoms with Gasteiger partial charge >= 0.3 is 6.03 Å². The number of carbonyl (C=O) groups excluding carboxylic acids is 1. The topological polar surface area (TPSA) is 69.7 Å². The van der Waals surface area contributed by atoms with E-state index in [1.165, 1.54) is 12.8 Å². The lowest BCUT2D eigenvalue weighted by Crippen LogP contribution is -2.51. The number of piperidine rings is 1. The van der Waals surface area contributed by atoms with Crippen LogP contribution in [-0.2, 0) is 10.0 Å². The number of nitrogens with one attached hydrogen (secondary N) is 1. The van der Waals surface area contributed by atoms with E-state index in [9.17, 15) is 13.2 Å². The van der Waals surface area contributed by atoms with Crippen molar-refractivity contribution < 1.29 is 13.2 Å². The molecule has 0 aromatic rings. The van der Waals surface area contributed by atoms with Crippen molar-refractivity contribution in [2.45, 2.75) is 64.2 Å². The lowest BCUT2D eigenvalue weighted by Gasteiger charge is -2.34. The number of amides is 2. The highest BCUT2D eigenvalue weighted by Gasteiger charge is 2.31. The molecule has 2 saturated heterocycles. The molecule has 0 spiro atoms. The third kappa shape index (κ3) is 4.83. The summed E-state index contributed by atoms with van der Waals surface area (Å²) >= 11 is 0. The molecule has 0 radical (unpaired) electrons. The predicted molar refractivity (Wildman–Crippen MR) is 91.8 cm³/mol. The first-order valence-electron chi connectivity index (χ1n) is 8.85. The third-order valence-corrected chi connectivity index (χ3v) is 7.21. The second-order valence-electron chi connectivity index (χ2n) is 7.26. The van der Waals surface area contributed by atoms with Gasteiger partial charge in [0.15, 0.2) is 0 Å². The van der Waals surface area contributed by atoms with Gasteiger partial charge in [0.05, 0.1) is 5.25 Å². The molecule has 1 N–H and O–H groups in total. The van der Waals surface area contributed by atoms with Gasteiger partial charge < -0.3 is 10.2 Å². The van der Waals surface area contributed by atoms with Crippen LogP contribution < -0.4 is 5.32 Å². The van der Waals surface area contributed by atoms with Crippen LogP contribution in [0, 0.1) is 5.92 Å². The van der Waals surface area contributed by atoms with Gasteiger partial charge in [0.25, 0.3) is 0 Å². The molecule has 0 saturated carbocycles. The largest absolute Gasteiger partial charge is 0.335 e. The molecule has 0 aromatic heterocycles. The molecule has 2 rings (SSSR count). The van der Waals surface area contributed by atoms with Crippen LogP contribution in [0.5, 0.6) is 0 Å². The fourth-order valence-electron chi connectivity index (χ4n) is 3.36. The van der Waals surface area contributed by atoms with Crippen LogP contribution in [0.15, 0.2) is 0 Å². The van der Waals surface area contributed by atoms with Gasteiger partial charge in [0.1, 0.15) is 0 Å². The van der Waals surface area contributed by atoms with Crippen LogP contribution in [0.3, 0.4) is 0 Å². The summed E-state index contributed by atoms with van der Waals surface area (Å²) < 4.78 is 25.9. The molecule has 23 heavy (non-hydrogen) atoms. The van der Waals surface area contributed by atoms with Gasteiger partial charge in [-0.15, -0.1) is 0 Å². The number of hydrogen-bond donors (Lipinski definition) is 1. The quantitative estimate of drug-likeness (QED) is 0.851. The molecule has 2 aliphatic rings. The van der Waals surface area contributed by atoms with Crippen LogP contribution in [0.2, 0.25) is 0 Å². The normalized spacial score (nSPS) is 25.4. The van der Waals surface area contributed by atoms with Gasteiger partial charge in [0.2, 0.25) is 10.0 Å². The van der Waals surface area contributed by atoms with E-state index in [1.807, 2.05) is 4.90 Å². The minimum Gasteiger partial charge on any atom is -0.335 e. The molecule has 0 unspecified atom stereocenters. The molecule has 6 nitrogen and oxygen atoms in total. The Morgan fingerprint density at radius 3 is 2.35 bits per heavy atom. The summed E-state index contributed by atoms with van der Waals surface area (Å²) in [6, 6.07) is 0.101.